The van der Waals surface area contributed by atoms with E-state index in [2.05, 4.69) is 11.0 Å². The lowest BCUT2D eigenvalue weighted by Gasteiger charge is -2.38. The van der Waals surface area contributed by atoms with Crippen molar-refractivity contribution in [2.45, 2.75) is 38.1 Å². The molecular formula is C15H20N2O. The average Bonchev–Trinajstić information content (AvgIpc) is 2.39. The summed E-state index contributed by atoms with van der Waals surface area (Å²) in [6.07, 6.45) is 4.29. The van der Waals surface area contributed by atoms with E-state index in [9.17, 15) is 10.4 Å². The molecule has 0 aromatic heterocycles. The predicted molar refractivity (Wildman–Crippen MR) is 71.3 cm³/mol. The zero-order chi connectivity index (χ0) is 13.0. The lowest BCUT2D eigenvalue weighted by molar-refractivity contribution is 0.124. The van der Waals surface area contributed by atoms with Gasteiger partial charge in [-0.3, -0.25) is 4.90 Å². The van der Waals surface area contributed by atoms with Crippen LogP contribution in [0.3, 0.4) is 0 Å². The molecule has 1 N–H and O–H groups in total. The van der Waals surface area contributed by atoms with Crippen molar-refractivity contribution in [1.29, 1.82) is 5.26 Å². The monoisotopic (exact) mass is 244 g/mol. The molecule has 1 aliphatic heterocycles. The van der Waals surface area contributed by atoms with Crippen molar-refractivity contribution in [2.75, 3.05) is 13.1 Å². The van der Waals surface area contributed by atoms with E-state index < -0.39 is 5.54 Å². The molecular weight excluding hydrogens is 224 g/mol. The number of likely N-dealkylation sites (tertiary alicyclic amines) is 1. The van der Waals surface area contributed by atoms with E-state index in [1.807, 2.05) is 19.1 Å². The molecule has 1 aliphatic rings. The van der Waals surface area contributed by atoms with Gasteiger partial charge in [-0.05, 0) is 50.6 Å². The van der Waals surface area contributed by atoms with Crippen molar-refractivity contribution >= 4 is 0 Å². The summed E-state index contributed by atoms with van der Waals surface area (Å²) in [5, 5.41) is 19.0. The van der Waals surface area contributed by atoms with Gasteiger partial charge in [-0.1, -0.05) is 18.6 Å². The van der Waals surface area contributed by atoms with Gasteiger partial charge in [0.1, 0.15) is 11.3 Å². The van der Waals surface area contributed by atoms with Crippen molar-refractivity contribution in [2.24, 2.45) is 0 Å². The maximum Gasteiger partial charge on any atom is 0.115 e. The number of phenolic OH excluding ortho intramolecular Hbond substituents is 1. The molecule has 1 unspecified atom stereocenters. The number of piperidine rings is 1. The SMILES string of the molecule is CC(C#N)(Cc1cccc(O)c1)N1CCCCC1. The second kappa shape index (κ2) is 5.41. The molecule has 96 valence electrons. The van der Waals surface area contributed by atoms with Crippen molar-refractivity contribution in [3.63, 3.8) is 0 Å². The van der Waals surface area contributed by atoms with Gasteiger partial charge < -0.3 is 5.11 Å². The maximum absolute atomic E-state index is 9.51. The molecule has 2 rings (SSSR count). The van der Waals surface area contributed by atoms with E-state index >= 15 is 0 Å². The lowest BCUT2D eigenvalue weighted by Crippen LogP contribution is -2.49. The van der Waals surface area contributed by atoms with Gasteiger partial charge in [-0.2, -0.15) is 5.26 Å². The Hall–Kier alpha value is -1.53. The van der Waals surface area contributed by atoms with Crippen LogP contribution in [-0.4, -0.2) is 28.6 Å². The normalized spacial score (nSPS) is 20.0. The fourth-order valence-electron chi connectivity index (χ4n) is 2.67. The van der Waals surface area contributed by atoms with E-state index in [0.29, 0.717) is 6.42 Å². The van der Waals surface area contributed by atoms with Crippen molar-refractivity contribution in [1.82, 2.24) is 4.90 Å². The fourth-order valence-corrected chi connectivity index (χ4v) is 2.67. The smallest absolute Gasteiger partial charge is 0.115 e. The van der Waals surface area contributed by atoms with E-state index in [1.165, 1.54) is 19.3 Å². The Morgan fingerprint density at radius 1 is 1.33 bits per heavy atom. The molecule has 1 aromatic carbocycles. The summed E-state index contributed by atoms with van der Waals surface area (Å²) < 4.78 is 0. The summed E-state index contributed by atoms with van der Waals surface area (Å²) in [6.45, 7) is 4.01. The minimum Gasteiger partial charge on any atom is -0.508 e. The van der Waals surface area contributed by atoms with Gasteiger partial charge in [0.05, 0.1) is 6.07 Å². The molecule has 1 fully saturated rings. The van der Waals surface area contributed by atoms with E-state index in [1.54, 1.807) is 12.1 Å². The topological polar surface area (TPSA) is 47.3 Å². The maximum atomic E-state index is 9.51. The molecule has 1 aromatic rings. The molecule has 0 radical (unpaired) electrons. The van der Waals surface area contributed by atoms with Crippen LogP contribution in [0.5, 0.6) is 5.75 Å². The number of hydrogen-bond acceptors (Lipinski definition) is 3. The van der Waals surface area contributed by atoms with Crippen molar-refractivity contribution in [3.05, 3.63) is 29.8 Å². The number of phenols is 1. The molecule has 1 heterocycles. The second-order valence-corrected chi connectivity index (χ2v) is 5.28. The molecule has 1 saturated heterocycles. The van der Waals surface area contributed by atoms with Crippen LogP contribution in [0.25, 0.3) is 0 Å². The van der Waals surface area contributed by atoms with Gasteiger partial charge in [0, 0.05) is 6.42 Å². The minimum atomic E-state index is -0.464. The molecule has 3 heteroatoms. The van der Waals surface area contributed by atoms with Gasteiger partial charge >= 0.3 is 0 Å². The predicted octanol–water partition coefficient (Wildman–Crippen LogP) is 2.70. The highest BCUT2D eigenvalue weighted by Crippen LogP contribution is 2.25. The van der Waals surface area contributed by atoms with E-state index in [0.717, 1.165) is 18.7 Å². The van der Waals surface area contributed by atoms with Crippen molar-refractivity contribution in [3.8, 4) is 11.8 Å². The largest absolute Gasteiger partial charge is 0.508 e. The van der Waals surface area contributed by atoms with Crippen LogP contribution in [0.15, 0.2) is 24.3 Å². The number of hydrogen-bond donors (Lipinski definition) is 1. The van der Waals surface area contributed by atoms with Gasteiger partial charge in [0.25, 0.3) is 0 Å². The molecule has 0 aliphatic carbocycles. The van der Waals surface area contributed by atoms with Crippen LogP contribution in [0.2, 0.25) is 0 Å². The summed E-state index contributed by atoms with van der Waals surface area (Å²) in [5.41, 5.74) is 0.554. The van der Waals surface area contributed by atoms with Crippen LogP contribution in [0.4, 0.5) is 0 Å². The zero-order valence-corrected chi connectivity index (χ0v) is 10.9. The third kappa shape index (κ3) is 2.83. The fraction of sp³-hybridized carbons (Fsp3) is 0.533. The molecule has 0 spiro atoms. The Morgan fingerprint density at radius 2 is 2.06 bits per heavy atom. The molecule has 1 atom stereocenters. The Kier molecular flexibility index (Phi) is 3.88. The summed E-state index contributed by atoms with van der Waals surface area (Å²) in [6, 6.07) is 9.67. The van der Waals surface area contributed by atoms with Gasteiger partial charge in [0.15, 0.2) is 0 Å². The summed E-state index contributed by atoms with van der Waals surface area (Å²) in [4.78, 5) is 2.28. The Bertz CT molecular complexity index is 446. The van der Waals surface area contributed by atoms with Crippen LogP contribution in [0.1, 0.15) is 31.7 Å². The molecule has 3 nitrogen and oxygen atoms in total. The second-order valence-electron chi connectivity index (χ2n) is 5.28. The first kappa shape index (κ1) is 12.9. The first-order valence-corrected chi connectivity index (χ1v) is 6.58. The molecule has 0 amide bonds. The summed E-state index contributed by atoms with van der Waals surface area (Å²) in [5.74, 6) is 0.270. The summed E-state index contributed by atoms with van der Waals surface area (Å²) in [7, 11) is 0. The Labute approximate surface area is 109 Å². The third-order valence-corrected chi connectivity index (χ3v) is 3.75. The van der Waals surface area contributed by atoms with Crippen LogP contribution in [-0.2, 0) is 6.42 Å². The van der Waals surface area contributed by atoms with Crippen LogP contribution in [0, 0.1) is 11.3 Å². The lowest BCUT2D eigenvalue weighted by atomic mass is 9.90. The Morgan fingerprint density at radius 3 is 2.67 bits per heavy atom. The zero-order valence-electron chi connectivity index (χ0n) is 10.9. The number of nitriles is 1. The number of nitrogens with zero attached hydrogens (tertiary/aromatic N) is 2. The van der Waals surface area contributed by atoms with Gasteiger partial charge in [-0.25, -0.2) is 0 Å². The summed E-state index contributed by atoms with van der Waals surface area (Å²) >= 11 is 0. The standard InChI is InChI=1S/C15H20N2O/c1-15(12-16,17-8-3-2-4-9-17)11-13-6-5-7-14(18)10-13/h5-7,10,18H,2-4,8-9,11H2,1H3. The van der Waals surface area contributed by atoms with Gasteiger partial charge in [0.2, 0.25) is 0 Å². The third-order valence-electron chi connectivity index (χ3n) is 3.75. The number of rotatable bonds is 3. The van der Waals surface area contributed by atoms with Gasteiger partial charge in [-0.15, -0.1) is 0 Å². The van der Waals surface area contributed by atoms with Crippen LogP contribution < -0.4 is 0 Å². The first-order chi connectivity index (χ1) is 8.64. The molecule has 0 bridgehead atoms. The van der Waals surface area contributed by atoms with Crippen molar-refractivity contribution < 1.29 is 5.11 Å². The highest BCUT2D eigenvalue weighted by atomic mass is 16.3. The van der Waals surface area contributed by atoms with Crippen LogP contribution >= 0.6 is 0 Å². The highest BCUT2D eigenvalue weighted by Gasteiger charge is 2.32. The molecule has 18 heavy (non-hydrogen) atoms. The minimum absolute atomic E-state index is 0.270. The Balaban J connectivity index is 2.15. The van der Waals surface area contributed by atoms with E-state index in [-0.39, 0.29) is 5.75 Å². The highest BCUT2D eigenvalue weighted by molar-refractivity contribution is 5.30. The first-order valence-electron chi connectivity index (χ1n) is 6.58. The quantitative estimate of drug-likeness (QED) is 0.889. The average molecular weight is 244 g/mol. The number of aromatic hydroxyl groups is 1. The van der Waals surface area contributed by atoms with E-state index in [4.69, 9.17) is 0 Å². The number of benzene rings is 1. The molecule has 0 saturated carbocycles.